The molecule has 0 aliphatic heterocycles. The number of hydrogen-bond acceptors (Lipinski definition) is 5. The fraction of sp³-hybridized carbons (Fsp3) is 0.273. The fourth-order valence-electron chi connectivity index (χ4n) is 3.63. The number of hydrogen-bond donors (Lipinski definition) is 1. The van der Waals surface area contributed by atoms with Gasteiger partial charge in [0.05, 0.1) is 22.3 Å². The van der Waals surface area contributed by atoms with E-state index in [4.69, 9.17) is 0 Å². The number of thioether (sulfide) groups is 1. The van der Waals surface area contributed by atoms with Crippen LogP contribution in [0.3, 0.4) is 0 Å². The largest absolute Gasteiger partial charge is 0.353 e. The Morgan fingerprint density at radius 3 is 2.47 bits per heavy atom. The van der Waals surface area contributed by atoms with Gasteiger partial charge in [-0.1, -0.05) is 42.1 Å². The maximum Gasteiger partial charge on any atom is 0.267 e. The summed E-state index contributed by atoms with van der Waals surface area (Å²) in [4.78, 5) is 25.6. The lowest BCUT2D eigenvalue weighted by Gasteiger charge is -2.15. The highest BCUT2D eigenvalue weighted by atomic mass is 32.2. The number of amides is 1. The molecule has 4 aromatic rings. The standard InChI is InChI=1S/C22H23N5O2S/c1-13(2)23-18(28)12-30-22-25-24-21-26(22)17-11-6-5-10-16(17)20(29)27(21)19-14(3)8-7-9-15(19)4/h5-11,13H,12H2,1-4H3,(H,23,28). The second-order valence-corrected chi connectivity index (χ2v) is 8.47. The zero-order chi connectivity index (χ0) is 21.4. The molecule has 0 aliphatic carbocycles. The van der Waals surface area contributed by atoms with Crippen LogP contribution in [0.15, 0.2) is 52.4 Å². The molecule has 0 saturated heterocycles. The summed E-state index contributed by atoms with van der Waals surface area (Å²) in [7, 11) is 0. The summed E-state index contributed by atoms with van der Waals surface area (Å²) >= 11 is 1.30. The van der Waals surface area contributed by atoms with Crippen molar-refractivity contribution in [3.05, 3.63) is 63.9 Å². The molecule has 2 heterocycles. The van der Waals surface area contributed by atoms with Gasteiger partial charge in [0, 0.05) is 6.04 Å². The Labute approximate surface area is 178 Å². The van der Waals surface area contributed by atoms with Crippen LogP contribution >= 0.6 is 11.8 Å². The minimum Gasteiger partial charge on any atom is -0.353 e. The van der Waals surface area contributed by atoms with E-state index in [0.29, 0.717) is 16.3 Å². The molecule has 0 unspecified atom stereocenters. The van der Waals surface area contributed by atoms with E-state index in [2.05, 4.69) is 15.5 Å². The molecule has 4 rings (SSSR count). The Morgan fingerprint density at radius 1 is 1.07 bits per heavy atom. The molecule has 0 spiro atoms. The maximum atomic E-state index is 13.5. The van der Waals surface area contributed by atoms with Crippen molar-refractivity contribution in [2.45, 2.75) is 38.9 Å². The molecule has 7 nitrogen and oxygen atoms in total. The summed E-state index contributed by atoms with van der Waals surface area (Å²) in [5.41, 5.74) is 3.33. The maximum absolute atomic E-state index is 13.5. The SMILES string of the molecule is Cc1cccc(C)c1-n1c(=O)c2ccccc2n2c(SCC(=O)NC(C)C)nnc12. The quantitative estimate of drug-likeness (QED) is 0.500. The van der Waals surface area contributed by atoms with E-state index in [-0.39, 0.29) is 23.3 Å². The second kappa shape index (κ2) is 7.95. The Morgan fingerprint density at radius 2 is 1.77 bits per heavy atom. The molecule has 0 fully saturated rings. The molecule has 154 valence electrons. The van der Waals surface area contributed by atoms with E-state index >= 15 is 0 Å². The lowest BCUT2D eigenvalue weighted by molar-refractivity contribution is -0.119. The topological polar surface area (TPSA) is 81.3 Å². The van der Waals surface area contributed by atoms with Gasteiger partial charge in [-0.2, -0.15) is 0 Å². The molecule has 30 heavy (non-hydrogen) atoms. The molecule has 0 saturated carbocycles. The van der Waals surface area contributed by atoms with Crippen LogP contribution in [0.1, 0.15) is 25.0 Å². The molecular weight excluding hydrogens is 398 g/mol. The van der Waals surface area contributed by atoms with Crippen molar-refractivity contribution in [3.8, 4) is 5.69 Å². The van der Waals surface area contributed by atoms with Gasteiger partial charge in [0.2, 0.25) is 11.7 Å². The van der Waals surface area contributed by atoms with E-state index in [1.807, 2.05) is 68.5 Å². The number of carbonyl (C=O) groups is 1. The van der Waals surface area contributed by atoms with Crippen LogP contribution in [-0.2, 0) is 4.79 Å². The molecule has 0 aliphatic rings. The fourth-order valence-corrected chi connectivity index (χ4v) is 4.38. The summed E-state index contributed by atoms with van der Waals surface area (Å²) in [5.74, 6) is 0.581. The minimum absolute atomic E-state index is 0.0703. The van der Waals surface area contributed by atoms with Crippen molar-refractivity contribution in [3.63, 3.8) is 0 Å². The van der Waals surface area contributed by atoms with Gasteiger partial charge in [0.1, 0.15) is 0 Å². The highest BCUT2D eigenvalue weighted by molar-refractivity contribution is 7.99. The predicted molar refractivity (Wildman–Crippen MR) is 120 cm³/mol. The van der Waals surface area contributed by atoms with Gasteiger partial charge in [0.15, 0.2) is 5.16 Å². The predicted octanol–water partition coefficient (Wildman–Crippen LogP) is 3.27. The third-order valence-corrected chi connectivity index (χ3v) is 5.77. The average Bonchev–Trinajstić information content (AvgIpc) is 3.12. The van der Waals surface area contributed by atoms with Gasteiger partial charge in [-0.15, -0.1) is 10.2 Å². The molecule has 8 heteroatoms. The van der Waals surface area contributed by atoms with Gasteiger partial charge < -0.3 is 5.32 Å². The van der Waals surface area contributed by atoms with Gasteiger partial charge >= 0.3 is 0 Å². The number of nitrogens with one attached hydrogen (secondary N) is 1. The van der Waals surface area contributed by atoms with E-state index in [1.165, 1.54) is 11.8 Å². The van der Waals surface area contributed by atoms with Crippen LogP contribution in [0.2, 0.25) is 0 Å². The first-order valence-electron chi connectivity index (χ1n) is 9.76. The number of para-hydroxylation sites is 2. The summed E-state index contributed by atoms with van der Waals surface area (Å²) in [5, 5.41) is 12.7. The number of rotatable bonds is 5. The summed E-state index contributed by atoms with van der Waals surface area (Å²) in [6.07, 6.45) is 0. The summed E-state index contributed by atoms with van der Waals surface area (Å²) in [6.45, 7) is 7.79. The molecule has 2 aromatic carbocycles. The first-order valence-corrected chi connectivity index (χ1v) is 10.7. The first kappa shape index (κ1) is 20.2. The van der Waals surface area contributed by atoms with Crippen molar-refractivity contribution >= 4 is 34.3 Å². The molecule has 2 aromatic heterocycles. The number of carbonyl (C=O) groups excluding carboxylic acids is 1. The van der Waals surface area contributed by atoms with Gasteiger partial charge in [-0.05, 0) is 51.0 Å². The summed E-state index contributed by atoms with van der Waals surface area (Å²) < 4.78 is 3.48. The van der Waals surface area contributed by atoms with E-state index in [9.17, 15) is 9.59 Å². The lowest BCUT2D eigenvalue weighted by Crippen LogP contribution is -2.31. The number of aromatic nitrogens is 4. The molecule has 0 bridgehead atoms. The van der Waals surface area contributed by atoms with E-state index in [0.717, 1.165) is 22.3 Å². The first-order chi connectivity index (χ1) is 14.4. The minimum atomic E-state index is -0.142. The van der Waals surface area contributed by atoms with Crippen LogP contribution in [0.25, 0.3) is 22.4 Å². The number of nitrogens with zero attached hydrogens (tertiary/aromatic N) is 4. The van der Waals surface area contributed by atoms with Gasteiger partial charge in [0.25, 0.3) is 5.56 Å². The van der Waals surface area contributed by atoms with E-state index < -0.39 is 0 Å². The smallest absolute Gasteiger partial charge is 0.267 e. The summed E-state index contributed by atoms with van der Waals surface area (Å²) in [6, 6.07) is 13.4. The monoisotopic (exact) mass is 421 g/mol. The van der Waals surface area contributed by atoms with Crippen LogP contribution in [0.5, 0.6) is 0 Å². The normalized spacial score (nSPS) is 11.5. The van der Waals surface area contributed by atoms with E-state index in [1.54, 1.807) is 10.6 Å². The third-order valence-electron chi connectivity index (χ3n) is 4.84. The molecular formula is C22H23N5O2S. The second-order valence-electron chi connectivity index (χ2n) is 7.53. The molecule has 0 radical (unpaired) electrons. The zero-order valence-corrected chi connectivity index (χ0v) is 18.2. The van der Waals surface area contributed by atoms with Gasteiger partial charge in [-0.25, -0.2) is 4.57 Å². The molecule has 1 N–H and O–H groups in total. The van der Waals surface area contributed by atoms with Crippen molar-refractivity contribution < 1.29 is 4.79 Å². The average molecular weight is 422 g/mol. The van der Waals surface area contributed by atoms with Crippen LogP contribution in [-0.4, -0.2) is 36.9 Å². The molecule has 0 atom stereocenters. The number of aryl methyl sites for hydroxylation is 2. The van der Waals surface area contributed by atoms with Crippen molar-refractivity contribution in [2.75, 3.05) is 5.75 Å². The third kappa shape index (κ3) is 3.47. The van der Waals surface area contributed by atoms with Crippen LogP contribution in [0.4, 0.5) is 0 Å². The Balaban J connectivity index is 1.96. The van der Waals surface area contributed by atoms with Gasteiger partial charge in [-0.3, -0.25) is 14.0 Å². The highest BCUT2D eigenvalue weighted by Crippen LogP contribution is 2.25. The zero-order valence-electron chi connectivity index (χ0n) is 17.3. The van der Waals surface area contributed by atoms with Crippen LogP contribution in [0, 0.1) is 13.8 Å². The van der Waals surface area contributed by atoms with Crippen LogP contribution < -0.4 is 10.9 Å². The number of fused-ring (bicyclic) bond motifs is 3. The highest BCUT2D eigenvalue weighted by Gasteiger charge is 2.20. The lowest BCUT2D eigenvalue weighted by atomic mass is 10.1. The van der Waals surface area contributed by atoms with Crippen molar-refractivity contribution in [1.29, 1.82) is 0 Å². The number of benzene rings is 2. The Bertz CT molecular complexity index is 1300. The van der Waals surface area contributed by atoms with Crippen molar-refractivity contribution in [1.82, 2.24) is 24.5 Å². The molecule has 1 amide bonds. The Hall–Kier alpha value is -3.13. The van der Waals surface area contributed by atoms with Crippen molar-refractivity contribution in [2.24, 2.45) is 0 Å². The Kier molecular flexibility index (Phi) is 5.34.